The van der Waals surface area contributed by atoms with Crippen LogP contribution in [0.1, 0.15) is 35.6 Å². The zero-order chi connectivity index (χ0) is 25.2. The lowest BCUT2D eigenvalue weighted by Crippen LogP contribution is -2.33. The van der Waals surface area contributed by atoms with E-state index in [1.807, 2.05) is 16.7 Å². The monoisotopic (exact) mass is 491 g/mol. The maximum Gasteiger partial charge on any atom is 0.268 e. The number of nitrogens with zero attached hydrogens (tertiary/aromatic N) is 6. The number of halogens is 1. The number of benzene rings is 1. The third kappa shape index (κ3) is 4.84. The summed E-state index contributed by atoms with van der Waals surface area (Å²) in [6, 6.07) is 7.23. The van der Waals surface area contributed by atoms with Crippen LogP contribution >= 0.6 is 0 Å². The highest BCUT2D eigenvalue weighted by atomic mass is 19.1. The molecule has 1 aliphatic rings. The number of imidazole rings is 1. The molecule has 12 heteroatoms. The Bertz CT molecular complexity index is 1430. The van der Waals surface area contributed by atoms with Gasteiger partial charge in [0.25, 0.3) is 5.91 Å². The highest BCUT2D eigenvalue weighted by Gasteiger charge is 2.24. The van der Waals surface area contributed by atoms with Crippen molar-refractivity contribution in [3.63, 3.8) is 0 Å². The van der Waals surface area contributed by atoms with E-state index in [4.69, 9.17) is 16.3 Å². The molecule has 11 nitrogen and oxygen atoms in total. The van der Waals surface area contributed by atoms with Gasteiger partial charge < -0.3 is 25.2 Å². The van der Waals surface area contributed by atoms with Gasteiger partial charge in [0.2, 0.25) is 0 Å². The number of hydrogen-bond donors (Lipinski definition) is 3. The van der Waals surface area contributed by atoms with Crippen LogP contribution in [0.4, 0.5) is 4.39 Å². The quantitative estimate of drug-likeness (QED) is 0.183. The zero-order valence-corrected chi connectivity index (χ0v) is 19.6. The van der Waals surface area contributed by atoms with Gasteiger partial charge in [0, 0.05) is 30.7 Å². The number of ether oxygens (including phenoxy) is 1. The predicted octanol–water partition coefficient (Wildman–Crippen LogP) is 1.73. The lowest BCUT2D eigenvalue weighted by atomic mass is 10.1. The molecule has 4 aromatic rings. The highest BCUT2D eigenvalue weighted by molar-refractivity contribution is 5.92. The molecule has 3 heterocycles. The molecule has 0 bridgehead atoms. The van der Waals surface area contributed by atoms with Crippen LogP contribution in [0.25, 0.3) is 11.3 Å². The highest BCUT2D eigenvalue weighted by Crippen LogP contribution is 2.39. The molecule has 0 unspecified atom stereocenters. The van der Waals surface area contributed by atoms with E-state index >= 15 is 0 Å². The summed E-state index contributed by atoms with van der Waals surface area (Å²) < 4.78 is 23.6. The Morgan fingerprint density at radius 3 is 2.75 bits per heavy atom. The fraction of sp³-hybridized carbons (Fsp3) is 0.250. The van der Waals surface area contributed by atoms with Gasteiger partial charge in [-0.05, 0) is 42.5 Å². The van der Waals surface area contributed by atoms with E-state index < -0.39 is 11.7 Å². The Morgan fingerprint density at radius 2 is 2.03 bits per heavy atom. The molecule has 1 fully saturated rings. The number of carbonyl (C=O) groups is 1. The van der Waals surface area contributed by atoms with Crippen molar-refractivity contribution in [1.29, 1.82) is 0 Å². The summed E-state index contributed by atoms with van der Waals surface area (Å²) in [5.74, 6) is 5.54. The Labute approximate surface area is 206 Å². The first-order chi connectivity index (χ1) is 17.4. The molecule has 0 atom stereocenters. The molecule has 1 aromatic carbocycles. The van der Waals surface area contributed by atoms with Crippen molar-refractivity contribution < 1.29 is 13.9 Å². The van der Waals surface area contributed by atoms with Crippen molar-refractivity contribution in [1.82, 2.24) is 34.5 Å². The number of pyridine rings is 1. The number of hydrazine groups is 1. The fourth-order valence-electron chi connectivity index (χ4n) is 4.02. The minimum absolute atomic E-state index is 0.0458. The van der Waals surface area contributed by atoms with Gasteiger partial charge >= 0.3 is 0 Å². The third-order valence-corrected chi connectivity index (χ3v) is 6.01. The van der Waals surface area contributed by atoms with Crippen LogP contribution in [0, 0.1) is 5.82 Å². The fourth-order valence-corrected chi connectivity index (χ4v) is 4.02. The molecule has 186 valence electrons. The number of nitrogens with two attached hydrogens (primary N) is 2. The standard InChI is InChI=1S/C24H26FN9O2/c1-36-21-6-5-20(33-13-29-30-14-33)18(23(21)25)8-28-24(35)19(26)12-34(27)11-17-10-32-9-16(15-2-3-15)4-7-22(32)31-17/h4-7,9-10,12-15H,2-3,8,11,26-27H2,1H3,(H,28,35)/b19-12-. The van der Waals surface area contributed by atoms with Crippen molar-refractivity contribution in [2.45, 2.75) is 31.8 Å². The first-order valence-electron chi connectivity index (χ1n) is 11.4. The van der Waals surface area contributed by atoms with Crippen molar-refractivity contribution in [3.8, 4) is 11.4 Å². The molecule has 1 amide bonds. The maximum atomic E-state index is 15.0. The summed E-state index contributed by atoms with van der Waals surface area (Å²) in [7, 11) is 1.37. The second kappa shape index (κ2) is 9.66. The first kappa shape index (κ1) is 23.3. The molecule has 1 saturated carbocycles. The lowest BCUT2D eigenvalue weighted by Gasteiger charge is -2.15. The SMILES string of the molecule is COc1ccc(-n2cnnc2)c(CNC(=O)/C(N)=C/N(N)Cc2cn3cc(C4CC4)ccc3n2)c1F. The van der Waals surface area contributed by atoms with Crippen molar-refractivity contribution in [3.05, 3.63) is 83.8 Å². The Balaban J connectivity index is 1.25. The summed E-state index contributed by atoms with van der Waals surface area (Å²) in [6.07, 6.45) is 10.6. The number of amides is 1. The van der Waals surface area contributed by atoms with Crippen LogP contribution in [-0.2, 0) is 17.9 Å². The van der Waals surface area contributed by atoms with E-state index in [0.717, 1.165) is 11.3 Å². The Morgan fingerprint density at radius 1 is 1.25 bits per heavy atom. The van der Waals surface area contributed by atoms with Crippen LogP contribution in [-0.4, -0.2) is 42.2 Å². The third-order valence-electron chi connectivity index (χ3n) is 6.01. The van der Waals surface area contributed by atoms with E-state index in [1.54, 1.807) is 6.07 Å². The van der Waals surface area contributed by atoms with E-state index in [9.17, 15) is 9.18 Å². The van der Waals surface area contributed by atoms with Gasteiger partial charge in [0.15, 0.2) is 11.6 Å². The number of hydrogen-bond acceptors (Lipinski definition) is 8. The number of rotatable bonds is 9. The van der Waals surface area contributed by atoms with Gasteiger partial charge in [0.1, 0.15) is 24.0 Å². The number of carbonyl (C=O) groups excluding carboxylic acids is 1. The van der Waals surface area contributed by atoms with E-state index in [0.29, 0.717) is 11.6 Å². The van der Waals surface area contributed by atoms with Crippen LogP contribution in [0.3, 0.4) is 0 Å². The molecule has 0 saturated heterocycles. The smallest absolute Gasteiger partial charge is 0.268 e. The molecule has 5 rings (SSSR count). The molecule has 5 N–H and O–H groups in total. The Hall–Kier alpha value is -4.45. The summed E-state index contributed by atoms with van der Waals surface area (Å²) in [5.41, 5.74) is 9.32. The molecule has 0 radical (unpaired) electrons. The molecule has 1 aliphatic carbocycles. The molecule has 0 spiro atoms. The second-order valence-corrected chi connectivity index (χ2v) is 8.62. The topological polar surface area (TPSA) is 142 Å². The minimum atomic E-state index is -0.608. The van der Waals surface area contributed by atoms with Gasteiger partial charge in [0.05, 0.1) is 25.0 Å². The average Bonchev–Trinajstić information content (AvgIpc) is 3.41. The molecular formula is C24H26FN9O2. The maximum absolute atomic E-state index is 15.0. The van der Waals surface area contributed by atoms with Crippen LogP contribution in [0.5, 0.6) is 5.75 Å². The van der Waals surface area contributed by atoms with Crippen molar-refractivity contribution >= 4 is 11.6 Å². The van der Waals surface area contributed by atoms with Gasteiger partial charge in [-0.15, -0.1) is 10.2 Å². The van der Waals surface area contributed by atoms with Gasteiger partial charge in [-0.1, -0.05) is 6.07 Å². The van der Waals surface area contributed by atoms with Crippen LogP contribution in [0.2, 0.25) is 0 Å². The zero-order valence-electron chi connectivity index (χ0n) is 19.6. The molecule has 3 aromatic heterocycles. The largest absolute Gasteiger partial charge is 0.494 e. The molecule has 36 heavy (non-hydrogen) atoms. The van der Waals surface area contributed by atoms with Crippen molar-refractivity contribution in [2.75, 3.05) is 7.11 Å². The summed E-state index contributed by atoms with van der Waals surface area (Å²) in [6.45, 7) is 0.0982. The normalized spacial score (nSPS) is 13.7. The van der Waals surface area contributed by atoms with E-state index in [1.165, 1.54) is 60.0 Å². The minimum Gasteiger partial charge on any atom is -0.494 e. The predicted molar refractivity (Wildman–Crippen MR) is 129 cm³/mol. The summed E-state index contributed by atoms with van der Waals surface area (Å²) in [5, 5.41) is 11.4. The average molecular weight is 492 g/mol. The van der Waals surface area contributed by atoms with E-state index in [2.05, 4.69) is 32.8 Å². The summed E-state index contributed by atoms with van der Waals surface area (Å²) >= 11 is 0. The lowest BCUT2D eigenvalue weighted by molar-refractivity contribution is -0.117. The molecule has 0 aliphatic heterocycles. The van der Waals surface area contributed by atoms with E-state index in [-0.39, 0.29) is 30.1 Å². The first-order valence-corrected chi connectivity index (χ1v) is 11.4. The number of fused-ring (bicyclic) bond motifs is 1. The van der Waals surface area contributed by atoms with Crippen molar-refractivity contribution in [2.24, 2.45) is 11.6 Å². The number of nitrogens with one attached hydrogen (secondary N) is 1. The Kier molecular flexibility index (Phi) is 6.25. The van der Waals surface area contributed by atoms with Gasteiger partial charge in [-0.2, -0.15) is 0 Å². The van der Waals surface area contributed by atoms with Gasteiger partial charge in [-0.25, -0.2) is 15.2 Å². The number of methoxy groups -OCH3 is 1. The number of aromatic nitrogens is 5. The molecular weight excluding hydrogens is 465 g/mol. The summed E-state index contributed by atoms with van der Waals surface area (Å²) in [4.78, 5) is 17.2. The van der Waals surface area contributed by atoms with Crippen LogP contribution in [0.15, 0.2) is 61.2 Å². The second-order valence-electron chi connectivity index (χ2n) is 8.62. The van der Waals surface area contributed by atoms with Crippen LogP contribution < -0.4 is 21.6 Å². The van der Waals surface area contributed by atoms with Gasteiger partial charge in [-0.3, -0.25) is 9.36 Å².